The van der Waals surface area contributed by atoms with Crippen molar-refractivity contribution in [3.8, 4) is 11.5 Å². The minimum atomic E-state index is -0.0267. The topological polar surface area (TPSA) is 65.4 Å². The SMILES string of the molecule is COc1ccc(OCCCn2c(CCCCCNC(=O)c3ccc(Br)cc3)nc3ccccc32)cc1. The molecule has 0 radical (unpaired) electrons. The molecule has 4 aromatic rings. The summed E-state index contributed by atoms with van der Waals surface area (Å²) in [6.07, 6.45) is 4.80. The second-order valence-corrected chi connectivity index (χ2v) is 9.54. The molecule has 188 valence electrons. The lowest BCUT2D eigenvalue weighted by Crippen LogP contribution is -2.24. The molecular weight excluding hydrogens is 518 g/mol. The molecule has 0 atom stereocenters. The average molecular weight is 550 g/mol. The molecule has 0 unspecified atom stereocenters. The van der Waals surface area contributed by atoms with E-state index in [1.807, 2.05) is 54.6 Å². The standard InChI is InChI=1S/C29H32BrN3O3/c1-35-24-15-17-25(18-16-24)36-21-7-20-33-27-9-5-4-8-26(27)32-28(33)10-3-2-6-19-31-29(34)22-11-13-23(30)14-12-22/h4-5,8-9,11-18H,2-3,6-7,10,19-21H2,1H3,(H,31,34). The summed E-state index contributed by atoms with van der Waals surface area (Å²) in [6, 6.07) is 23.4. The molecule has 6 nitrogen and oxygen atoms in total. The van der Waals surface area contributed by atoms with Gasteiger partial charge in [0.25, 0.3) is 5.91 Å². The molecule has 4 rings (SSSR count). The van der Waals surface area contributed by atoms with Crippen molar-refractivity contribution < 1.29 is 14.3 Å². The molecule has 36 heavy (non-hydrogen) atoms. The van der Waals surface area contributed by atoms with E-state index < -0.39 is 0 Å². The number of imidazole rings is 1. The highest BCUT2D eigenvalue weighted by molar-refractivity contribution is 9.10. The van der Waals surface area contributed by atoms with E-state index in [2.05, 4.69) is 44.0 Å². The van der Waals surface area contributed by atoms with Gasteiger partial charge in [0.2, 0.25) is 0 Å². The van der Waals surface area contributed by atoms with Crippen LogP contribution in [0.5, 0.6) is 11.5 Å². The van der Waals surface area contributed by atoms with E-state index in [0.717, 1.165) is 66.0 Å². The lowest BCUT2D eigenvalue weighted by atomic mass is 10.1. The van der Waals surface area contributed by atoms with Gasteiger partial charge in [-0.1, -0.05) is 34.5 Å². The van der Waals surface area contributed by atoms with E-state index >= 15 is 0 Å². The molecule has 1 N–H and O–H groups in total. The van der Waals surface area contributed by atoms with Crippen LogP contribution in [0.3, 0.4) is 0 Å². The van der Waals surface area contributed by atoms with E-state index in [9.17, 15) is 4.79 Å². The van der Waals surface area contributed by atoms with Gasteiger partial charge in [0.05, 0.1) is 24.8 Å². The van der Waals surface area contributed by atoms with E-state index in [0.29, 0.717) is 18.7 Å². The minimum absolute atomic E-state index is 0.0267. The number of amides is 1. The summed E-state index contributed by atoms with van der Waals surface area (Å²) in [4.78, 5) is 17.1. The molecule has 0 spiro atoms. The Bertz CT molecular complexity index is 1250. The zero-order valence-corrected chi connectivity index (χ0v) is 22.2. The number of halogens is 1. The summed E-state index contributed by atoms with van der Waals surface area (Å²) >= 11 is 3.39. The molecule has 1 heterocycles. The number of rotatable bonds is 13. The molecule has 3 aromatic carbocycles. The normalized spacial score (nSPS) is 10.9. The third-order valence-electron chi connectivity index (χ3n) is 6.06. The number of carbonyl (C=O) groups excluding carboxylic acids is 1. The Balaban J connectivity index is 1.23. The maximum absolute atomic E-state index is 12.2. The summed E-state index contributed by atoms with van der Waals surface area (Å²) in [5.74, 6) is 2.75. The lowest BCUT2D eigenvalue weighted by Gasteiger charge is -2.11. The summed E-state index contributed by atoms with van der Waals surface area (Å²) in [6.45, 7) is 2.17. The number of benzene rings is 3. The Hall–Kier alpha value is -3.32. The van der Waals surface area contributed by atoms with Crippen LogP contribution in [-0.2, 0) is 13.0 Å². The predicted molar refractivity (Wildman–Crippen MR) is 147 cm³/mol. The van der Waals surface area contributed by atoms with E-state index in [4.69, 9.17) is 14.5 Å². The number of para-hydroxylation sites is 2. The Labute approximate surface area is 220 Å². The first kappa shape index (κ1) is 25.8. The Morgan fingerprint density at radius 3 is 2.44 bits per heavy atom. The Morgan fingerprint density at radius 1 is 0.917 bits per heavy atom. The van der Waals surface area contributed by atoms with Crippen molar-refractivity contribution in [2.45, 2.75) is 38.6 Å². The third-order valence-corrected chi connectivity index (χ3v) is 6.59. The molecule has 0 fully saturated rings. The number of carbonyl (C=O) groups is 1. The van der Waals surface area contributed by atoms with Crippen LogP contribution >= 0.6 is 15.9 Å². The molecule has 0 aliphatic rings. The minimum Gasteiger partial charge on any atom is -0.497 e. The van der Waals surface area contributed by atoms with Gasteiger partial charge in [-0.3, -0.25) is 4.79 Å². The number of methoxy groups -OCH3 is 1. The third kappa shape index (κ3) is 7.10. The van der Waals surface area contributed by atoms with Crippen LogP contribution in [0, 0.1) is 0 Å². The van der Waals surface area contributed by atoms with Crippen molar-refractivity contribution in [2.24, 2.45) is 0 Å². The first-order valence-corrected chi connectivity index (χ1v) is 13.2. The monoisotopic (exact) mass is 549 g/mol. The maximum Gasteiger partial charge on any atom is 0.251 e. The van der Waals surface area contributed by atoms with Crippen LogP contribution in [0.15, 0.2) is 77.3 Å². The van der Waals surface area contributed by atoms with Gasteiger partial charge >= 0.3 is 0 Å². The van der Waals surface area contributed by atoms with Crippen molar-refractivity contribution in [3.63, 3.8) is 0 Å². The van der Waals surface area contributed by atoms with Gasteiger partial charge in [0.1, 0.15) is 17.3 Å². The number of aromatic nitrogens is 2. The van der Waals surface area contributed by atoms with E-state index in [-0.39, 0.29) is 5.91 Å². The highest BCUT2D eigenvalue weighted by atomic mass is 79.9. The van der Waals surface area contributed by atoms with Gasteiger partial charge in [0, 0.05) is 29.5 Å². The van der Waals surface area contributed by atoms with Crippen LogP contribution in [-0.4, -0.2) is 35.7 Å². The number of unbranched alkanes of at least 4 members (excludes halogenated alkanes) is 2. The summed E-state index contributed by atoms with van der Waals surface area (Å²) in [7, 11) is 1.66. The Morgan fingerprint density at radius 2 is 1.67 bits per heavy atom. The fourth-order valence-corrected chi connectivity index (χ4v) is 4.40. The highest BCUT2D eigenvalue weighted by Gasteiger charge is 2.10. The van der Waals surface area contributed by atoms with Crippen LogP contribution in [0.1, 0.15) is 41.9 Å². The number of hydrogen-bond acceptors (Lipinski definition) is 4. The highest BCUT2D eigenvalue weighted by Crippen LogP contribution is 2.20. The molecule has 0 saturated heterocycles. The van der Waals surface area contributed by atoms with Crippen molar-refractivity contribution >= 4 is 32.9 Å². The first-order valence-electron chi connectivity index (χ1n) is 12.4. The molecule has 0 aliphatic carbocycles. The summed E-state index contributed by atoms with van der Waals surface area (Å²) in [5.41, 5.74) is 2.88. The summed E-state index contributed by atoms with van der Waals surface area (Å²) < 4.78 is 14.4. The number of ether oxygens (including phenoxy) is 2. The van der Waals surface area contributed by atoms with Crippen molar-refractivity contribution in [1.29, 1.82) is 0 Å². The van der Waals surface area contributed by atoms with Crippen molar-refractivity contribution in [1.82, 2.24) is 14.9 Å². The number of nitrogens with zero attached hydrogens (tertiary/aromatic N) is 2. The zero-order chi connectivity index (χ0) is 25.2. The largest absolute Gasteiger partial charge is 0.497 e. The maximum atomic E-state index is 12.2. The van der Waals surface area contributed by atoms with Gasteiger partial charge in [-0.25, -0.2) is 4.98 Å². The van der Waals surface area contributed by atoms with Crippen LogP contribution < -0.4 is 14.8 Å². The van der Waals surface area contributed by atoms with Crippen molar-refractivity contribution in [2.75, 3.05) is 20.3 Å². The number of fused-ring (bicyclic) bond motifs is 1. The molecule has 1 aromatic heterocycles. The molecule has 7 heteroatoms. The molecular formula is C29H32BrN3O3. The second-order valence-electron chi connectivity index (χ2n) is 8.62. The average Bonchev–Trinajstić information content (AvgIpc) is 3.26. The molecule has 0 aliphatic heterocycles. The second kappa shape index (κ2) is 13.1. The van der Waals surface area contributed by atoms with Gasteiger partial charge < -0.3 is 19.4 Å². The number of nitrogens with one attached hydrogen (secondary N) is 1. The zero-order valence-electron chi connectivity index (χ0n) is 20.6. The summed E-state index contributed by atoms with van der Waals surface area (Å²) in [5, 5.41) is 3.01. The van der Waals surface area contributed by atoms with Gasteiger partial charge in [-0.2, -0.15) is 0 Å². The van der Waals surface area contributed by atoms with Crippen molar-refractivity contribution in [3.05, 3.63) is 88.7 Å². The number of hydrogen-bond donors (Lipinski definition) is 1. The predicted octanol–water partition coefficient (Wildman–Crippen LogP) is 6.42. The molecule has 1 amide bonds. The van der Waals surface area contributed by atoms with Gasteiger partial charge in [0.15, 0.2) is 0 Å². The fraction of sp³-hybridized carbons (Fsp3) is 0.310. The van der Waals surface area contributed by atoms with E-state index in [1.54, 1.807) is 7.11 Å². The smallest absolute Gasteiger partial charge is 0.251 e. The first-order chi connectivity index (χ1) is 17.6. The Kier molecular flexibility index (Phi) is 9.39. The lowest BCUT2D eigenvalue weighted by molar-refractivity contribution is 0.0953. The van der Waals surface area contributed by atoms with Crippen LogP contribution in [0.25, 0.3) is 11.0 Å². The quantitative estimate of drug-likeness (QED) is 0.195. The van der Waals surface area contributed by atoms with Gasteiger partial charge in [-0.05, 0) is 79.9 Å². The number of aryl methyl sites for hydroxylation is 2. The van der Waals surface area contributed by atoms with E-state index in [1.165, 1.54) is 5.52 Å². The van der Waals surface area contributed by atoms with Crippen LogP contribution in [0.2, 0.25) is 0 Å². The fourth-order valence-electron chi connectivity index (χ4n) is 4.14. The van der Waals surface area contributed by atoms with Gasteiger partial charge in [-0.15, -0.1) is 0 Å². The molecule has 0 bridgehead atoms. The molecule has 0 saturated carbocycles. The van der Waals surface area contributed by atoms with Crippen LogP contribution in [0.4, 0.5) is 0 Å².